The van der Waals surface area contributed by atoms with Crippen molar-refractivity contribution in [3.63, 3.8) is 0 Å². The van der Waals surface area contributed by atoms with Gasteiger partial charge in [0.25, 0.3) is 5.88 Å². The summed E-state index contributed by atoms with van der Waals surface area (Å²) in [6.07, 6.45) is 3.89. The minimum Gasteiger partial charge on any atom is -0.474 e. The quantitative estimate of drug-likeness (QED) is 0.795. The lowest BCUT2D eigenvalue weighted by atomic mass is 10.4. The molecular weight excluding hydrogens is 231 g/mol. The van der Waals surface area contributed by atoms with Gasteiger partial charge in [-0.3, -0.25) is 0 Å². The minimum absolute atomic E-state index is 0.0218. The van der Waals surface area contributed by atoms with Crippen molar-refractivity contribution in [1.29, 1.82) is 0 Å². The van der Waals surface area contributed by atoms with Crippen molar-refractivity contribution in [2.45, 2.75) is 18.9 Å². The highest BCUT2D eigenvalue weighted by atomic mass is 35.5. The topological polar surface area (TPSA) is 25.4 Å². The number of halogens is 2. The summed E-state index contributed by atoms with van der Waals surface area (Å²) in [5.41, 5.74) is 0. The Bertz CT molecular complexity index is 371. The molecule has 0 saturated heterocycles. The van der Waals surface area contributed by atoms with Crippen LogP contribution in [0.1, 0.15) is 12.8 Å². The number of rotatable bonds is 5. The lowest BCUT2D eigenvalue weighted by Gasteiger charge is -2.15. The molecule has 1 aromatic heterocycles. The maximum atomic E-state index is 13.3. The molecule has 2 rings (SSSR count). The summed E-state index contributed by atoms with van der Waals surface area (Å²) in [5.74, 6) is -0.491. The smallest absolute Gasteiger partial charge is 0.250 e. The van der Waals surface area contributed by atoms with Gasteiger partial charge < -0.3 is 9.64 Å². The molecule has 1 fully saturated rings. The van der Waals surface area contributed by atoms with Crippen LogP contribution in [0.2, 0.25) is 5.02 Å². The molecule has 0 aromatic carbocycles. The van der Waals surface area contributed by atoms with Gasteiger partial charge in [-0.05, 0) is 26.0 Å². The van der Waals surface area contributed by atoms with Gasteiger partial charge in [0.2, 0.25) is 0 Å². The third-order valence-corrected chi connectivity index (χ3v) is 2.83. The van der Waals surface area contributed by atoms with E-state index < -0.39 is 5.82 Å². The zero-order valence-electron chi connectivity index (χ0n) is 9.12. The van der Waals surface area contributed by atoms with Crippen LogP contribution in [0.3, 0.4) is 0 Å². The van der Waals surface area contributed by atoms with Gasteiger partial charge in [0.1, 0.15) is 6.61 Å². The Kier molecular flexibility index (Phi) is 3.61. The summed E-state index contributed by atoms with van der Waals surface area (Å²) in [6, 6.07) is 1.89. The molecule has 0 radical (unpaired) electrons. The molecule has 0 amide bonds. The Balaban J connectivity index is 1.80. The summed E-state index contributed by atoms with van der Waals surface area (Å²) in [4.78, 5) is 6.00. The van der Waals surface area contributed by atoms with Gasteiger partial charge >= 0.3 is 0 Å². The van der Waals surface area contributed by atoms with Gasteiger partial charge in [-0.15, -0.1) is 0 Å². The van der Waals surface area contributed by atoms with Crippen molar-refractivity contribution in [2.75, 3.05) is 20.2 Å². The molecule has 0 aliphatic heterocycles. The fourth-order valence-electron chi connectivity index (χ4n) is 1.49. The molecule has 1 aromatic rings. The number of hydrogen-bond acceptors (Lipinski definition) is 3. The van der Waals surface area contributed by atoms with E-state index in [4.69, 9.17) is 16.3 Å². The van der Waals surface area contributed by atoms with Crippen LogP contribution in [0.25, 0.3) is 0 Å². The van der Waals surface area contributed by atoms with Crippen molar-refractivity contribution < 1.29 is 9.13 Å². The fraction of sp³-hybridized carbons (Fsp3) is 0.545. The molecule has 0 bridgehead atoms. The molecule has 0 spiro atoms. The maximum absolute atomic E-state index is 13.3. The average molecular weight is 245 g/mol. The van der Waals surface area contributed by atoms with Crippen LogP contribution >= 0.6 is 11.6 Å². The lowest BCUT2D eigenvalue weighted by molar-refractivity contribution is 0.219. The molecule has 1 saturated carbocycles. The highest BCUT2D eigenvalue weighted by Gasteiger charge is 2.25. The highest BCUT2D eigenvalue weighted by molar-refractivity contribution is 6.30. The van der Waals surface area contributed by atoms with Crippen LogP contribution in [0, 0.1) is 5.82 Å². The van der Waals surface area contributed by atoms with Crippen molar-refractivity contribution in [1.82, 2.24) is 9.88 Å². The molecule has 0 unspecified atom stereocenters. The minimum atomic E-state index is -0.512. The van der Waals surface area contributed by atoms with E-state index in [-0.39, 0.29) is 10.9 Å². The van der Waals surface area contributed by atoms with Gasteiger partial charge in [0.15, 0.2) is 5.82 Å². The Labute approximate surface area is 99.2 Å². The lowest BCUT2D eigenvalue weighted by Crippen LogP contribution is -2.26. The fourth-order valence-corrected chi connectivity index (χ4v) is 1.64. The van der Waals surface area contributed by atoms with E-state index in [1.165, 1.54) is 25.1 Å². The van der Waals surface area contributed by atoms with Crippen molar-refractivity contribution >= 4 is 11.6 Å². The highest BCUT2D eigenvalue weighted by Crippen LogP contribution is 2.25. The predicted octanol–water partition coefficient (Wildman–Crippen LogP) is 2.35. The molecule has 1 heterocycles. The Morgan fingerprint density at radius 1 is 1.62 bits per heavy atom. The Morgan fingerprint density at radius 2 is 2.38 bits per heavy atom. The zero-order valence-corrected chi connectivity index (χ0v) is 9.88. The van der Waals surface area contributed by atoms with E-state index in [9.17, 15) is 4.39 Å². The van der Waals surface area contributed by atoms with Gasteiger partial charge in [0, 0.05) is 18.8 Å². The van der Waals surface area contributed by atoms with Crippen LogP contribution in [0.15, 0.2) is 12.3 Å². The van der Waals surface area contributed by atoms with E-state index in [0.717, 1.165) is 6.54 Å². The first-order valence-corrected chi connectivity index (χ1v) is 5.68. The van der Waals surface area contributed by atoms with Crippen LogP contribution in [-0.4, -0.2) is 36.1 Å². The largest absolute Gasteiger partial charge is 0.474 e. The molecular formula is C11H14ClFN2O. The Hall–Kier alpha value is -0.870. The van der Waals surface area contributed by atoms with Gasteiger partial charge in [0.05, 0.1) is 5.02 Å². The number of likely N-dealkylation sites (N-methyl/N-ethyl adjacent to an activating group) is 1. The van der Waals surface area contributed by atoms with Gasteiger partial charge in [-0.1, -0.05) is 11.6 Å². The van der Waals surface area contributed by atoms with E-state index in [2.05, 4.69) is 9.88 Å². The van der Waals surface area contributed by atoms with Crippen LogP contribution < -0.4 is 4.74 Å². The molecule has 0 atom stereocenters. The summed E-state index contributed by atoms with van der Waals surface area (Å²) < 4.78 is 18.5. The van der Waals surface area contributed by atoms with Crippen LogP contribution in [0.4, 0.5) is 4.39 Å². The number of nitrogens with zero attached hydrogens (tertiary/aromatic N) is 2. The summed E-state index contributed by atoms with van der Waals surface area (Å²) in [5, 5.41) is 0.278. The summed E-state index contributed by atoms with van der Waals surface area (Å²) in [6.45, 7) is 1.23. The Morgan fingerprint density at radius 3 is 3.00 bits per heavy atom. The normalized spacial score (nSPS) is 15.5. The monoisotopic (exact) mass is 244 g/mol. The van der Waals surface area contributed by atoms with E-state index in [1.54, 1.807) is 0 Å². The average Bonchev–Trinajstić information content (AvgIpc) is 3.04. The van der Waals surface area contributed by atoms with Crippen molar-refractivity contribution in [2.24, 2.45) is 0 Å². The molecule has 88 valence electrons. The number of hydrogen-bond donors (Lipinski definition) is 0. The number of aromatic nitrogens is 1. The molecule has 1 aliphatic carbocycles. The van der Waals surface area contributed by atoms with Crippen molar-refractivity contribution in [3.8, 4) is 5.88 Å². The molecule has 0 N–H and O–H groups in total. The molecule has 5 heteroatoms. The van der Waals surface area contributed by atoms with Gasteiger partial charge in [-0.2, -0.15) is 0 Å². The predicted molar refractivity (Wildman–Crippen MR) is 60.4 cm³/mol. The third-order valence-electron chi connectivity index (χ3n) is 2.63. The van der Waals surface area contributed by atoms with E-state index >= 15 is 0 Å². The number of pyridine rings is 1. The molecule has 16 heavy (non-hydrogen) atoms. The maximum Gasteiger partial charge on any atom is 0.250 e. The first-order chi connectivity index (χ1) is 7.66. The molecule has 3 nitrogen and oxygen atoms in total. The second-order valence-electron chi connectivity index (χ2n) is 4.00. The van der Waals surface area contributed by atoms with E-state index in [0.29, 0.717) is 12.6 Å². The number of ether oxygens (including phenoxy) is 1. The zero-order chi connectivity index (χ0) is 11.5. The second kappa shape index (κ2) is 4.97. The molecule has 1 aliphatic rings. The first kappa shape index (κ1) is 11.6. The van der Waals surface area contributed by atoms with Crippen LogP contribution in [-0.2, 0) is 0 Å². The first-order valence-electron chi connectivity index (χ1n) is 5.31. The summed E-state index contributed by atoms with van der Waals surface area (Å²) >= 11 is 5.58. The SMILES string of the molecule is CN(CCOc1ncc(Cl)cc1F)C1CC1. The summed E-state index contributed by atoms with van der Waals surface area (Å²) in [7, 11) is 2.05. The van der Waals surface area contributed by atoms with Crippen molar-refractivity contribution in [3.05, 3.63) is 23.1 Å². The van der Waals surface area contributed by atoms with Gasteiger partial charge in [-0.25, -0.2) is 9.37 Å². The standard InChI is InChI=1S/C11H14ClFN2O/c1-15(9-2-3-9)4-5-16-11-10(13)6-8(12)7-14-11/h6-7,9H,2-5H2,1H3. The third kappa shape index (κ3) is 3.06. The van der Waals surface area contributed by atoms with E-state index in [1.807, 2.05) is 7.05 Å². The van der Waals surface area contributed by atoms with Crippen LogP contribution in [0.5, 0.6) is 5.88 Å². The second-order valence-corrected chi connectivity index (χ2v) is 4.44.